The van der Waals surface area contributed by atoms with E-state index < -0.39 is 0 Å². The normalized spacial score (nSPS) is 17.5. The minimum absolute atomic E-state index is 0.156. The summed E-state index contributed by atoms with van der Waals surface area (Å²) in [4.78, 5) is 15.2. The van der Waals surface area contributed by atoms with Crippen molar-refractivity contribution in [2.24, 2.45) is 0 Å². The van der Waals surface area contributed by atoms with Crippen molar-refractivity contribution in [1.82, 2.24) is 10.2 Å². The molecular formula is C22H28N2O2. The number of amides is 1. The molecule has 0 bridgehead atoms. The first-order valence-corrected chi connectivity index (χ1v) is 9.50. The van der Waals surface area contributed by atoms with Gasteiger partial charge in [-0.25, -0.2) is 0 Å². The van der Waals surface area contributed by atoms with Crippen LogP contribution in [0.1, 0.15) is 48.2 Å². The zero-order valence-electron chi connectivity index (χ0n) is 15.9. The van der Waals surface area contributed by atoms with Gasteiger partial charge in [0.15, 0.2) is 0 Å². The largest absolute Gasteiger partial charge is 0.497 e. The summed E-state index contributed by atoms with van der Waals surface area (Å²) in [7, 11) is 1.67. The molecular weight excluding hydrogens is 324 g/mol. The Kier molecular flexibility index (Phi) is 5.62. The van der Waals surface area contributed by atoms with Crippen molar-refractivity contribution in [3.63, 3.8) is 0 Å². The Bertz CT molecular complexity index is 749. The Morgan fingerprint density at radius 2 is 1.69 bits per heavy atom. The van der Waals surface area contributed by atoms with E-state index >= 15 is 0 Å². The van der Waals surface area contributed by atoms with Crippen molar-refractivity contribution in [2.45, 2.75) is 38.8 Å². The van der Waals surface area contributed by atoms with Crippen LogP contribution in [0.2, 0.25) is 0 Å². The Balaban J connectivity index is 0.000000948. The highest BCUT2D eigenvalue weighted by Gasteiger charge is 2.49. The molecule has 0 radical (unpaired) electrons. The highest BCUT2D eigenvalue weighted by molar-refractivity contribution is 6.00. The highest BCUT2D eigenvalue weighted by Crippen LogP contribution is 2.45. The summed E-state index contributed by atoms with van der Waals surface area (Å²) in [5.74, 6) is 0.995. The van der Waals surface area contributed by atoms with Crippen LogP contribution in [-0.4, -0.2) is 31.0 Å². The lowest BCUT2D eigenvalue weighted by Gasteiger charge is -2.42. The molecule has 0 saturated carbocycles. The van der Waals surface area contributed by atoms with Crippen LogP contribution in [-0.2, 0) is 12.1 Å². The van der Waals surface area contributed by atoms with Crippen LogP contribution in [0, 0.1) is 0 Å². The zero-order chi connectivity index (χ0) is 18.6. The van der Waals surface area contributed by atoms with E-state index in [0.29, 0.717) is 6.54 Å². The molecule has 2 aliphatic rings. The summed E-state index contributed by atoms with van der Waals surface area (Å²) in [5.41, 5.74) is 3.03. The molecule has 2 aliphatic heterocycles. The number of hydrogen-bond donors (Lipinski definition) is 1. The van der Waals surface area contributed by atoms with Gasteiger partial charge in [-0.3, -0.25) is 4.79 Å². The minimum atomic E-state index is -0.168. The van der Waals surface area contributed by atoms with Crippen molar-refractivity contribution >= 4 is 5.91 Å². The first-order valence-electron chi connectivity index (χ1n) is 9.50. The molecule has 2 aromatic rings. The topological polar surface area (TPSA) is 41.6 Å². The molecule has 1 amide bonds. The number of nitrogens with zero attached hydrogens (tertiary/aromatic N) is 1. The summed E-state index contributed by atoms with van der Waals surface area (Å²) >= 11 is 0. The fourth-order valence-corrected chi connectivity index (χ4v) is 4.08. The summed E-state index contributed by atoms with van der Waals surface area (Å²) in [6.45, 7) is 6.53. The average Bonchev–Trinajstić information content (AvgIpc) is 2.94. The second kappa shape index (κ2) is 7.92. The van der Waals surface area contributed by atoms with Gasteiger partial charge < -0.3 is 15.0 Å². The number of benzene rings is 2. The number of ether oxygens (including phenoxy) is 1. The van der Waals surface area contributed by atoms with Crippen LogP contribution in [0.5, 0.6) is 5.75 Å². The van der Waals surface area contributed by atoms with Crippen molar-refractivity contribution in [3.8, 4) is 5.75 Å². The van der Waals surface area contributed by atoms with E-state index in [1.165, 1.54) is 5.56 Å². The van der Waals surface area contributed by atoms with E-state index in [9.17, 15) is 4.79 Å². The van der Waals surface area contributed by atoms with Crippen molar-refractivity contribution in [3.05, 3.63) is 65.2 Å². The standard InChI is InChI=1S/C20H22N2O2.C2H6/c1-24-16-8-6-15(7-9-16)14-22-19(23)17-4-2-3-5-18(17)20(22)10-12-21-13-11-20;1-2/h2-9,21H,10-14H2,1H3;1-2H3. The number of hydrogen-bond acceptors (Lipinski definition) is 3. The SMILES string of the molecule is CC.COc1ccc(CN2C(=O)c3ccccc3C23CCNCC3)cc1. The van der Waals surface area contributed by atoms with E-state index in [0.717, 1.165) is 42.8 Å². The van der Waals surface area contributed by atoms with Crippen LogP contribution >= 0.6 is 0 Å². The molecule has 0 unspecified atom stereocenters. The molecule has 1 fully saturated rings. The molecule has 1 saturated heterocycles. The third-order valence-corrected chi connectivity index (χ3v) is 5.35. The van der Waals surface area contributed by atoms with E-state index in [4.69, 9.17) is 4.74 Å². The third kappa shape index (κ3) is 3.10. The van der Waals surface area contributed by atoms with Gasteiger partial charge in [-0.15, -0.1) is 0 Å². The summed E-state index contributed by atoms with van der Waals surface area (Å²) < 4.78 is 5.23. The van der Waals surface area contributed by atoms with Crippen LogP contribution in [0.4, 0.5) is 0 Å². The summed E-state index contributed by atoms with van der Waals surface area (Å²) in [6.07, 6.45) is 1.93. The molecule has 4 heteroatoms. The smallest absolute Gasteiger partial charge is 0.255 e. The van der Waals surface area contributed by atoms with Gasteiger partial charge in [0, 0.05) is 12.1 Å². The van der Waals surface area contributed by atoms with Gasteiger partial charge in [0.1, 0.15) is 5.75 Å². The third-order valence-electron chi connectivity index (χ3n) is 5.35. The van der Waals surface area contributed by atoms with Gasteiger partial charge in [0.05, 0.1) is 12.6 Å². The van der Waals surface area contributed by atoms with Gasteiger partial charge in [-0.05, 0) is 55.3 Å². The molecule has 26 heavy (non-hydrogen) atoms. The summed E-state index contributed by atoms with van der Waals surface area (Å²) in [6, 6.07) is 16.1. The molecule has 4 nitrogen and oxygen atoms in total. The second-order valence-corrected chi connectivity index (χ2v) is 6.57. The summed E-state index contributed by atoms with van der Waals surface area (Å²) in [5, 5.41) is 3.43. The predicted molar refractivity (Wildman–Crippen MR) is 104 cm³/mol. The number of nitrogens with one attached hydrogen (secondary N) is 1. The second-order valence-electron chi connectivity index (χ2n) is 6.57. The molecule has 2 aromatic carbocycles. The maximum Gasteiger partial charge on any atom is 0.255 e. The molecule has 1 spiro atoms. The molecule has 138 valence electrons. The maximum absolute atomic E-state index is 13.1. The lowest BCUT2D eigenvalue weighted by atomic mass is 9.81. The molecule has 2 heterocycles. The fraction of sp³-hybridized carbons (Fsp3) is 0.409. The highest BCUT2D eigenvalue weighted by atomic mass is 16.5. The minimum Gasteiger partial charge on any atom is -0.497 e. The Morgan fingerprint density at radius 3 is 2.35 bits per heavy atom. The molecule has 0 aromatic heterocycles. The van der Waals surface area contributed by atoms with Gasteiger partial charge in [0.25, 0.3) is 5.91 Å². The molecule has 1 N–H and O–H groups in total. The first-order chi connectivity index (χ1) is 12.7. The monoisotopic (exact) mass is 352 g/mol. The zero-order valence-corrected chi connectivity index (χ0v) is 15.9. The lowest BCUT2D eigenvalue weighted by Crippen LogP contribution is -2.49. The van der Waals surface area contributed by atoms with Crippen molar-refractivity contribution < 1.29 is 9.53 Å². The maximum atomic E-state index is 13.1. The number of rotatable bonds is 3. The Hall–Kier alpha value is -2.33. The number of fused-ring (bicyclic) bond motifs is 2. The van der Waals surface area contributed by atoms with E-state index in [2.05, 4.69) is 16.3 Å². The van der Waals surface area contributed by atoms with E-state index in [-0.39, 0.29) is 11.4 Å². The fourth-order valence-electron chi connectivity index (χ4n) is 4.08. The van der Waals surface area contributed by atoms with Gasteiger partial charge in [-0.2, -0.15) is 0 Å². The molecule has 0 aliphatic carbocycles. The van der Waals surface area contributed by atoms with Crippen LogP contribution in [0.25, 0.3) is 0 Å². The Labute approximate surface area is 156 Å². The quantitative estimate of drug-likeness (QED) is 0.909. The lowest BCUT2D eigenvalue weighted by molar-refractivity contribution is 0.0413. The van der Waals surface area contributed by atoms with Crippen LogP contribution < -0.4 is 10.1 Å². The number of carbonyl (C=O) groups excluding carboxylic acids is 1. The van der Waals surface area contributed by atoms with Crippen LogP contribution in [0.15, 0.2) is 48.5 Å². The predicted octanol–water partition coefficient (Wildman–Crippen LogP) is 3.96. The number of carbonyl (C=O) groups is 1. The van der Waals surface area contributed by atoms with Gasteiger partial charge in [0.2, 0.25) is 0 Å². The van der Waals surface area contributed by atoms with Gasteiger partial charge >= 0.3 is 0 Å². The van der Waals surface area contributed by atoms with E-state index in [1.807, 2.05) is 56.3 Å². The molecule has 4 rings (SSSR count). The number of piperidine rings is 1. The first kappa shape index (κ1) is 18.5. The molecule has 0 atom stereocenters. The van der Waals surface area contributed by atoms with Gasteiger partial charge in [-0.1, -0.05) is 44.2 Å². The number of methoxy groups -OCH3 is 1. The van der Waals surface area contributed by atoms with Crippen molar-refractivity contribution in [1.29, 1.82) is 0 Å². The van der Waals surface area contributed by atoms with Crippen LogP contribution in [0.3, 0.4) is 0 Å². The Morgan fingerprint density at radius 1 is 1.04 bits per heavy atom. The van der Waals surface area contributed by atoms with E-state index in [1.54, 1.807) is 7.11 Å². The average molecular weight is 352 g/mol. The van der Waals surface area contributed by atoms with Crippen molar-refractivity contribution in [2.75, 3.05) is 20.2 Å².